The van der Waals surface area contributed by atoms with Gasteiger partial charge in [-0.15, -0.1) is 0 Å². The Kier molecular flexibility index (Phi) is 6.59. The third-order valence-electron chi connectivity index (χ3n) is 4.15. The number of rotatable bonds is 6. The summed E-state index contributed by atoms with van der Waals surface area (Å²) in [6.45, 7) is 5.84. The van der Waals surface area contributed by atoms with E-state index in [1.54, 1.807) is 4.90 Å². The molecule has 1 saturated heterocycles. The Labute approximate surface area is 138 Å². The molecule has 1 aliphatic rings. The smallest absolute Gasteiger partial charge is 0.242 e. The van der Waals surface area contributed by atoms with E-state index in [0.717, 1.165) is 18.4 Å². The zero-order valence-corrected chi connectivity index (χ0v) is 14.0. The molecule has 2 amide bonds. The number of nitrogens with zero attached hydrogens (tertiary/aromatic N) is 1. The van der Waals surface area contributed by atoms with E-state index in [-0.39, 0.29) is 30.3 Å². The molecule has 23 heavy (non-hydrogen) atoms. The van der Waals surface area contributed by atoms with Crippen LogP contribution in [0.15, 0.2) is 30.3 Å². The normalized spacial score (nSPS) is 15.4. The number of hydrogen-bond donors (Lipinski definition) is 1. The van der Waals surface area contributed by atoms with E-state index in [4.69, 9.17) is 4.74 Å². The number of benzene rings is 1. The molecule has 1 fully saturated rings. The van der Waals surface area contributed by atoms with Gasteiger partial charge in [0.25, 0.3) is 0 Å². The van der Waals surface area contributed by atoms with Crippen molar-refractivity contribution in [1.29, 1.82) is 0 Å². The molecule has 5 heteroatoms. The lowest BCUT2D eigenvalue weighted by atomic mass is 9.99. The Morgan fingerprint density at radius 3 is 2.48 bits per heavy atom. The van der Waals surface area contributed by atoms with Crippen LogP contribution in [0.1, 0.15) is 32.3 Å². The number of carbonyl (C=O) groups excluding carboxylic acids is 2. The number of hydrogen-bond acceptors (Lipinski definition) is 3. The number of nitrogens with one attached hydrogen (secondary N) is 1. The van der Waals surface area contributed by atoms with Crippen LogP contribution < -0.4 is 5.32 Å². The van der Waals surface area contributed by atoms with Gasteiger partial charge >= 0.3 is 0 Å². The van der Waals surface area contributed by atoms with Crippen molar-refractivity contribution in [3.8, 4) is 0 Å². The van der Waals surface area contributed by atoms with Gasteiger partial charge in [0.15, 0.2) is 0 Å². The van der Waals surface area contributed by atoms with Gasteiger partial charge in [-0.25, -0.2) is 0 Å². The summed E-state index contributed by atoms with van der Waals surface area (Å²) in [5.74, 6) is -0.118. The van der Waals surface area contributed by atoms with E-state index in [1.165, 1.54) is 0 Å². The maximum atomic E-state index is 12.5. The molecule has 0 aliphatic carbocycles. The van der Waals surface area contributed by atoms with E-state index in [9.17, 15) is 9.59 Å². The first-order chi connectivity index (χ1) is 11.1. The molecule has 0 aromatic heterocycles. The van der Waals surface area contributed by atoms with Crippen molar-refractivity contribution in [1.82, 2.24) is 10.2 Å². The number of amides is 2. The molecule has 0 radical (unpaired) electrons. The molecule has 0 bridgehead atoms. The van der Waals surface area contributed by atoms with Gasteiger partial charge in [0.05, 0.1) is 6.54 Å². The average molecular weight is 318 g/mol. The first kappa shape index (κ1) is 17.5. The van der Waals surface area contributed by atoms with Gasteiger partial charge in [-0.05, 0) is 32.3 Å². The molecule has 2 rings (SSSR count). The van der Waals surface area contributed by atoms with Crippen molar-refractivity contribution >= 4 is 11.8 Å². The summed E-state index contributed by atoms with van der Waals surface area (Å²) in [5.41, 5.74) is 1.09. The van der Waals surface area contributed by atoms with Crippen LogP contribution >= 0.6 is 0 Å². The van der Waals surface area contributed by atoms with Gasteiger partial charge in [-0.3, -0.25) is 9.59 Å². The standard InChI is InChI=1S/C18H26N2O3/c1-14(2)20(13-15-6-4-3-5-7-15)17(21)12-19-18(22)16-8-10-23-11-9-16/h3-7,14,16H,8-13H2,1-2H3,(H,19,22). The molecule has 126 valence electrons. The summed E-state index contributed by atoms with van der Waals surface area (Å²) >= 11 is 0. The van der Waals surface area contributed by atoms with Crippen LogP contribution in [0.4, 0.5) is 0 Å². The lowest BCUT2D eigenvalue weighted by Crippen LogP contribution is -2.45. The summed E-state index contributed by atoms with van der Waals surface area (Å²) in [7, 11) is 0. The molecule has 0 atom stereocenters. The van der Waals surface area contributed by atoms with Crippen LogP contribution in [0.2, 0.25) is 0 Å². The average Bonchev–Trinajstić information content (AvgIpc) is 2.58. The molecule has 1 aliphatic heterocycles. The third-order valence-corrected chi connectivity index (χ3v) is 4.15. The molecule has 0 spiro atoms. The minimum atomic E-state index is -0.0516. The van der Waals surface area contributed by atoms with E-state index in [0.29, 0.717) is 19.8 Å². The van der Waals surface area contributed by atoms with Gasteiger partial charge in [0.1, 0.15) is 0 Å². The highest BCUT2D eigenvalue weighted by atomic mass is 16.5. The zero-order valence-electron chi connectivity index (χ0n) is 14.0. The Balaban J connectivity index is 1.86. The van der Waals surface area contributed by atoms with Crippen LogP contribution in [0.5, 0.6) is 0 Å². The van der Waals surface area contributed by atoms with Gasteiger partial charge in [-0.1, -0.05) is 30.3 Å². The second kappa shape index (κ2) is 8.67. The molecule has 0 unspecified atom stereocenters. The Bertz CT molecular complexity index is 510. The van der Waals surface area contributed by atoms with Crippen molar-refractivity contribution in [2.75, 3.05) is 19.8 Å². The van der Waals surface area contributed by atoms with Crippen molar-refractivity contribution in [2.24, 2.45) is 5.92 Å². The quantitative estimate of drug-likeness (QED) is 0.872. The first-order valence-electron chi connectivity index (χ1n) is 8.26. The third kappa shape index (κ3) is 5.36. The van der Waals surface area contributed by atoms with Crippen molar-refractivity contribution in [3.63, 3.8) is 0 Å². The van der Waals surface area contributed by atoms with Gasteiger partial charge < -0.3 is 15.0 Å². The summed E-state index contributed by atoms with van der Waals surface area (Å²) in [6, 6.07) is 9.98. The van der Waals surface area contributed by atoms with E-state index in [2.05, 4.69) is 5.32 Å². The lowest BCUT2D eigenvalue weighted by molar-refractivity contribution is -0.136. The predicted octanol–water partition coefficient (Wildman–Crippen LogP) is 1.97. The highest BCUT2D eigenvalue weighted by Gasteiger charge is 2.23. The second-order valence-electron chi connectivity index (χ2n) is 6.21. The predicted molar refractivity (Wildman–Crippen MR) is 88.7 cm³/mol. The fraction of sp³-hybridized carbons (Fsp3) is 0.556. The van der Waals surface area contributed by atoms with Gasteiger partial charge in [0.2, 0.25) is 11.8 Å². The monoisotopic (exact) mass is 318 g/mol. The summed E-state index contributed by atoms with van der Waals surface area (Å²) in [5, 5.41) is 2.79. The minimum absolute atomic E-state index is 0.0295. The molecular formula is C18H26N2O3. The van der Waals surface area contributed by atoms with Crippen LogP contribution in [0.25, 0.3) is 0 Å². The summed E-state index contributed by atoms with van der Waals surface area (Å²) < 4.78 is 5.26. The molecule has 1 N–H and O–H groups in total. The second-order valence-corrected chi connectivity index (χ2v) is 6.21. The zero-order chi connectivity index (χ0) is 16.7. The number of carbonyl (C=O) groups is 2. The fourth-order valence-corrected chi connectivity index (χ4v) is 2.71. The lowest BCUT2D eigenvalue weighted by Gasteiger charge is -2.28. The van der Waals surface area contributed by atoms with E-state index >= 15 is 0 Å². The maximum absolute atomic E-state index is 12.5. The van der Waals surface area contributed by atoms with Crippen LogP contribution in [0, 0.1) is 5.92 Å². The molecule has 5 nitrogen and oxygen atoms in total. The Morgan fingerprint density at radius 2 is 1.87 bits per heavy atom. The Morgan fingerprint density at radius 1 is 1.22 bits per heavy atom. The molecule has 1 heterocycles. The fourth-order valence-electron chi connectivity index (χ4n) is 2.71. The van der Waals surface area contributed by atoms with Crippen molar-refractivity contribution in [2.45, 2.75) is 39.3 Å². The highest BCUT2D eigenvalue weighted by molar-refractivity contribution is 5.86. The first-order valence-corrected chi connectivity index (χ1v) is 8.26. The van der Waals surface area contributed by atoms with Crippen LogP contribution in [-0.2, 0) is 20.9 Å². The minimum Gasteiger partial charge on any atom is -0.381 e. The molecule has 1 aromatic rings. The maximum Gasteiger partial charge on any atom is 0.242 e. The number of ether oxygens (including phenoxy) is 1. The van der Waals surface area contributed by atoms with E-state index in [1.807, 2.05) is 44.2 Å². The van der Waals surface area contributed by atoms with Crippen LogP contribution in [-0.4, -0.2) is 42.5 Å². The van der Waals surface area contributed by atoms with E-state index < -0.39 is 0 Å². The van der Waals surface area contributed by atoms with Gasteiger partial charge in [-0.2, -0.15) is 0 Å². The largest absolute Gasteiger partial charge is 0.381 e. The van der Waals surface area contributed by atoms with Gasteiger partial charge in [0, 0.05) is 31.7 Å². The molecule has 0 saturated carbocycles. The SMILES string of the molecule is CC(C)N(Cc1ccccc1)C(=O)CNC(=O)C1CCOCC1. The highest BCUT2D eigenvalue weighted by Crippen LogP contribution is 2.14. The summed E-state index contributed by atoms with van der Waals surface area (Å²) in [6.07, 6.45) is 1.47. The Hall–Kier alpha value is -1.88. The topological polar surface area (TPSA) is 58.6 Å². The summed E-state index contributed by atoms with van der Waals surface area (Å²) in [4.78, 5) is 26.4. The molecular weight excluding hydrogens is 292 g/mol. The van der Waals surface area contributed by atoms with Crippen molar-refractivity contribution in [3.05, 3.63) is 35.9 Å². The van der Waals surface area contributed by atoms with Crippen molar-refractivity contribution < 1.29 is 14.3 Å². The van der Waals surface area contributed by atoms with Crippen LogP contribution in [0.3, 0.4) is 0 Å². The molecule has 1 aromatic carbocycles.